The number of carbonyl (C=O) groups is 1. The fourth-order valence-electron chi connectivity index (χ4n) is 2.05. The first-order chi connectivity index (χ1) is 9.42. The second-order valence-corrected chi connectivity index (χ2v) is 5.94. The van der Waals surface area contributed by atoms with Crippen molar-refractivity contribution in [2.24, 2.45) is 0 Å². The summed E-state index contributed by atoms with van der Waals surface area (Å²) in [7, 11) is 0. The van der Waals surface area contributed by atoms with Crippen LogP contribution in [0.15, 0.2) is 24.3 Å². The van der Waals surface area contributed by atoms with Crippen molar-refractivity contribution in [1.82, 2.24) is 5.32 Å². The molecule has 112 valence electrons. The predicted molar refractivity (Wildman–Crippen MR) is 79.9 cm³/mol. The molecule has 0 radical (unpaired) electrons. The van der Waals surface area contributed by atoms with E-state index in [1.807, 2.05) is 32.9 Å². The first kappa shape index (κ1) is 16.5. The number of benzene rings is 1. The first-order valence-corrected chi connectivity index (χ1v) is 7.03. The molecule has 1 saturated heterocycles. The van der Waals surface area contributed by atoms with Gasteiger partial charge in [-0.1, -0.05) is 12.1 Å². The lowest BCUT2D eigenvalue weighted by Crippen LogP contribution is -2.26. The van der Waals surface area contributed by atoms with Crippen molar-refractivity contribution < 1.29 is 14.6 Å². The minimum absolute atomic E-state index is 0.318. The maximum atomic E-state index is 9.60. The number of aromatic hydroxyl groups is 1. The third-order valence-corrected chi connectivity index (χ3v) is 3.11. The van der Waals surface area contributed by atoms with Gasteiger partial charge in [0.25, 0.3) is 6.47 Å². The van der Waals surface area contributed by atoms with E-state index < -0.39 is 0 Å². The maximum absolute atomic E-state index is 9.60. The minimum atomic E-state index is -0.318. The van der Waals surface area contributed by atoms with E-state index in [1.54, 1.807) is 12.1 Å². The summed E-state index contributed by atoms with van der Waals surface area (Å²) >= 11 is 0. The monoisotopic (exact) mass is 279 g/mol. The van der Waals surface area contributed by atoms with Gasteiger partial charge in [-0.05, 0) is 70.3 Å². The van der Waals surface area contributed by atoms with E-state index in [2.05, 4.69) is 10.1 Å². The normalized spacial score (nSPS) is 15.9. The van der Waals surface area contributed by atoms with Gasteiger partial charge in [0.2, 0.25) is 0 Å². The quantitative estimate of drug-likeness (QED) is 0.817. The van der Waals surface area contributed by atoms with Gasteiger partial charge >= 0.3 is 0 Å². The predicted octanol–water partition coefficient (Wildman–Crippen LogP) is 2.82. The molecule has 4 heteroatoms. The van der Waals surface area contributed by atoms with Crippen LogP contribution in [0.25, 0.3) is 0 Å². The number of phenolic OH excluding ortho intramolecular Hbond substituents is 1. The lowest BCUT2D eigenvalue weighted by Gasteiger charge is -2.22. The molecule has 1 aliphatic heterocycles. The van der Waals surface area contributed by atoms with Crippen molar-refractivity contribution in [2.75, 3.05) is 13.1 Å². The fourth-order valence-corrected chi connectivity index (χ4v) is 2.05. The number of phenols is 1. The van der Waals surface area contributed by atoms with E-state index >= 15 is 0 Å². The number of carbonyl (C=O) groups excluding carboxylic acids is 1. The second kappa shape index (κ2) is 7.90. The van der Waals surface area contributed by atoms with Crippen molar-refractivity contribution in [3.8, 4) is 5.75 Å². The molecular formula is C16H25NO3. The largest absolute Gasteiger partial charge is 0.508 e. The lowest BCUT2D eigenvalue weighted by atomic mass is 9.90. The van der Waals surface area contributed by atoms with Crippen LogP contribution >= 0.6 is 0 Å². The molecule has 0 aliphatic carbocycles. The number of rotatable bonds is 2. The molecule has 0 spiro atoms. The zero-order valence-electron chi connectivity index (χ0n) is 12.6. The van der Waals surface area contributed by atoms with Crippen LogP contribution in [0.3, 0.4) is 0 Å². The highest BCUT2D eigenvalue weighted by Crippen LogP contribution is 2.26. The van der Waals surface area contributed by atoms with Crippen molar-refractivity contribution in [1.29, 1.82) is 0 Å². The van der Waals surface area contributed by atoms with Gasteiger partial charge in [0, 0.05) is 0 Å². The molecule has 2 N–H and O–H groups in total. The Balaban J connectivity index is 0.000000246. The fraction of sp³-hybridized carbons (Fsp3) is 0.562. The summed E-state index contributed by atoms with van der Waals surface area (Å²) in [4.78, 5) is 9.60. The second-order valence-electron chi connectivity index (χ2n) is 5.94. The highest BCUT2D eigenvalue weighted by Gasteiger charge is 2.14. The van der Waals surface area contributed by atoms with Gasteiger partial charge < -0.3 is 15.2 Å². The minimum Gasteiger partial charge on any atom is -0.508 e. The molecule has 0 unspecified atom stereocenters. The standard InChI is InChI=1S/C11H15NO.C5H10O2/c13-11-3-1-9(2-4-11)10-5-7-12-8-6-10;1-5(2,3)7-4-6/h1-4,10,12-13H,5-8H2;4H,1-3H3. The SMILES string of the molecule is CC(C)(C)OC=O.Oc1ccc(C2CCNCC2)cc1. The highest BCUT2D eigenvalue weighted by atomic mass is 16.5. The molecule has 20 heavy (non-hydrogen) atoms. The van der Waals surface area contributed by atoms with E-state index in [0.29, 0.717) is 18.1 Å². The average molecular weight is 279 g/mol. The summed E-state index contributed by atoms with van der Waals surface area (Å²) in [6.07, 6.45) is 2.43. The summed E-state index contributed by atoms with van der Waals surface area (Å²) in [5, 5.41) is 12.5. The zero-order valence-corrected chi connectivity index (χ0v) is 12.6. The Morgan fingerprint density at radius 3 is 2.15 bits per heavy atom. The molecule has 1 aliphatic rings. The van der Waals surface area contributed by atoms with Crippen LogP contribution in [-0.2, 0) is 9.53 Å². The van der Waals surface area contributed by atoms with E-state index in [-0.39, 0.29) is 5.60 Å². The molecule has 0 saturated carbocycles. The van der Waals surface area contributed by atoms with Gasteiger partial charge in [-0.15, -0.1) is 0 Å². The van der Waals surface area contributed by atoms with Crippen LogP contribution in [0.5, 0.6) is 5.75 Å². The van der Waals surface area contributed by atoms with Gasteiger partial charge in [-0.25, -0.2) is 0 Å². The molecule has 2 rings (SSSR count). The molecule has 0 aromatic heterocycles. The first-order valence-electron chi connectivity index (χ1n) is 7.03. The van der Waals surface area contributed by atoms with Gasteiger partial charge in [0.05, 0.1) is 0 Å². The van der Waals surface area contributed by atoms with Crippen LogP contribution < -0.4 is 5.32 Å². The van der Waals surface area contributed by atoms with Crippen LogP contribution in [0.2, 0.25) is 0 Å². The summed E-state index contributed by atoms with van der Waals surface area (Å²) in [5.41, 5.74) is 1.04. The molecule has 1 aromatic rings. The zero-order chi connectivity index (χ0) is 15.0. The molecule has 4 nitrogen and oxygen atoms in total. The lowest BCUT2D eigenvalue weighted by molar-refractivity contribution is -0.138. The highest BCUT2D eigenvalue weighted by molar-refractivity contribution is 5.37. The number of piperidine rings is 1. The van der Waals surface area contributed by atoms with Crippen molar-refractivity contribution in [3.05, 3.63) is 29.8 Å². The number of hydrogen-bond donors (Lipinski definition) is 2. The summed E-state index contributed by atoms with van der Waals surface area (Å²) in [6, 6.07) is 7.62. The van der Waals surface area contributed by atoms with E-state index in [1.165, 1.54) is 18.4 Å². The van der Waals surface area contributed by atoms with Gasteiger partial charge in [0.1, 0.15) is 11.4 Å². The summed E-state index contributed by atoms with van der Waals surface area (Å²) < 4.78 is 4.55. The van der Waals surface area contributed by atoms with Crippen LogP contribution in [0.1, 0.15) is 45.1 Å². The third kappa shape index (κ3) is 6.57. The molecule has 0 atom stereocenters. The van der Waals surface area contributed by atoms with Crippen LogP contribution in [-0.4, -0.2) is 30.3 Å². The topological polar surface area (TPSA) is 58.6 Å². The van der Waals surface area contributed by atoms with E-state index in [0.717, 1.165) is 13.1 Å². The Kier molecular flexibility index (Phi) is 6.52. The molecule has 0 amide bonds. The van der Waals surface area contributed by atoms with E-state index in [9.17, 15) is 4.79 Å². The van der Waals surface area contributed by atoms with Crippen molar-refractivity contribution >= 4 is 6.47 Å². The van der Waals surface area contributed by atoms with Crippen LogP contribution in [0, 0.1) is 0 Å². The van der Waals surface area contributed by atoms with Gasteiger partial charge in [-0.3, -0.25) is 4.79 Å². The summed E-state index contributed by atoms with van der Waals surface area (Å²) in [5.74, 6) is 1.04. The molecular weight excluding hydrogens is 254 g/mol. The molecule has 1 heterocycles. The van der Waals surface area contributed by atoms with Gasteiger partial charge in [-0.2, -0.15) is 0 Å². The number of ether oxygens (including phenoxy) is 1. The summed E-state index contributed by atoms with van der Waals surface area (Å²) in [6.45, 7) is 8.15. The van der Waals surface area contributed by atoms with Crippen molar-refractivity contribution in [3.63, 3.8) is 0 Å². The Morgan fingerprint density at radius 2 is 1.75 bits per heavy atom. The third-order valence-electron chi connectivity index (χ3n) is 3.11. The Morgan fingerprint density at radius 1 is 1.20 bits per heavy atom. The van der Waals surface area contributed by atoms with Crippen molar-refractivity contribution in [2.45, 2.75) is 45.1 Å². The smallest absolute Gasteiger partial charge is 0.293 e. The van der Waals surface area contributed by atoms with Crippen LogP contribution in [0.4, 0.5) is 0 Å². The Hall–Kier alpha value is -1.55. The Labute approximate surface area is 121 Å². The molecule has 0 bridgehead atoms. The van der Waals surface area contributed by atoms with E-state index in [4.69, 9.17) is 5.11 Å². The average Bonchev–Trinajstić information content (AvgIpc) is 2.40. The Bertz CT molecular complexity index is 389. The number of nitrogens with one attached hydrogen (secondary N) is 1. The molecule has 1 fully saturated rings. The van der Waals surface area contributed by atoms with Gasteiger partial charge in [0.15, 0.2) is 0 Å². The number of hydrogen-bond acceptors (Lipinski definition) is 4. The maximum Gasteiger partial charge on any atom is 0.293 e. The molecule has 1 aromatic carbocycles.